The maximum absolute atomic E-state index is 14.8. The SMILES string of the molecule is CC[C@H](C)[C@H](NC(=O)CNC(=O)[C@H](CCC(=O)O)NC(=O)CNC(=O)[C@H](CCC(=O)O)NC(=O)[C@H](CCC(=O)O)NC(=O)[C@H](CC(C)C)NC(=O)CNC(=O)[C@H](Cc1ccccc1)NC(=O)[C@H](Cc1c[nH]cn1)NC(=O)[C@H](Cc1ccc(O)cc1)NC(=O)[C@H](CC(=O)O)NC(=O)[C@@H](N)CC(C)C)C(=O)N[C@@H](CCCNC(N)N)C(=O)N[C@@H](CC(=O)O)C(=O)N[C@@H](CC(C)C)C(=O)N[C@@H](Cc1ccccc1)C(=O)N[C@H](C)CC(=O)O. The summed E-state index contributed by atoms with van der Waals surface area (Å²) < 4.78 is 0. The van der Waals surface area contributed by atoms with Gasteiger partial charge in [0.25, 0.3) is 0 Å². The van der Waals surface area contributed by atoms with Gasteiger partial charge in [-0.05, 0) is 117 Å². The summed E-state index contributed by atoms with van der Waals surface area (Å²) in [5.41, 5.74) is 18.9. The second-order valence-corrected chi connectivity index (χ2v) is 37.1. The number of amides is 17. The van der Waals surface area contributed by atoms with Crippen LogP contribution >= 0.6 is 0 Å². The second kappa shape index (κ2) is 65.0. The van der Waals surface area contributed by atoms with Crippen molar-refractivity contribution >= 4 is 136 Å². The lowest BCUT2D eigenvalue weighted by atomic mass is 9.97. The number of carbonyl (C=O) groups excluding carboxylic acids is 17. The largest absolute Gasteiger partial charge is 0.508 e. The lowest BCUT2D eigenvalue weighted by Gasteiger charge is -2.28. The molecule has 820 valence electrons. The first-order valence-electron chi connectivity index (χ1n) is 48.4. The second-order valence-electron chi connectivity index (χ2n) is 37.1. The zero-order valence-electron chi connectivity index (χ0n) is 84.2. The minimum atomic E-state index is -1.96. The predicted octanol–water partition coefficient (Wildman–Crippen LogP) is -5.36. The van der Waals surface area contributed by atoms with E-state index in [4.69, 9.17) is 17.2 Å². The van der Waals surface area contributed by atoms with Crippen LogP contribution in [0, 0.1) is 23.7 Å². The average Bonchev–Trinajstić information content (AvgIpc) is 1.69. The number of aliphatic carboxylic acids is 6. The van der Waals surface area contributed by atoms with Gasteiger partial charge in [-0.2, -0.15) is 0 Å². The summed E-state index contributed by atoms with van der Waals surface area (Å²) in [6, 6.07) is -2.16. The number of carbonyl (C=O) groups is 23. The van der Waals surface area contributed by atoms with E-state index in [1.165, 1.54) is 50.6 Å². The molecule has 3 aromatic carbocycles. The first-order valence-corrected chi connectivity index (χ1v) is 48.4. The Hall–Kier alpha value is -15.7. The van der Waals surface area contributed by atoms with Gasteiger partial charge < -0.3 is 148 Å². The molecule has 0 spiro atoms. The molecule has 0 unspecified atom stereocenters. The molecule has 1 heterocycles. The van der Waals surface area contributed by atoms with E-state index in [0.717, 1.165) is 0 Å². The molecule has 53 nitrogen and oxygen atoms in total. The molecule has 4 aromatic rings. The van der Waals surface area contributed by atoms with Gasteiger partial charge in [0.15, 0.2) is 0 Å². The van der Waals surface area contributed by atoms with Gasteiger partial charge in [0, 0.05) is 57.2 Å². The van der Waals surface area contributed by atoms with Crippen molar-refractivity contribution in [2.75, 3.05) is 26.2 Å². The highest BCUT2D eigenvalue weighted by Crippen LogP contribution is 2.19. The number of carboxylic acid groups (broad SMARTS) is 6. The summed E-state index contributed by atoms with van der Waals surface area (Å²) in [6.45, 7) is 11.7. The molecule has 0 aliphatic carbocycles. The Balaban J connectivity index is 1.52. The number of nitrogens with two attached hydrogens (primary N) is 3. The number of carboxylic acids is 6. The number of benzene rings is 3. The molecule has 0 aliphatic heterocycles. The predicted molar refractivity (Wildman–Crippen MR) is 529 cm³/mol. The molecule has 149 heavy (non-hydrogen) atoms. The molecule has 53 heteroatoms. The van der Waals surface area contributed by atoms with Gasteiger partial charge in [-0.1, -0.05) is 135 Å². The molecule has 0 saturated heterocycles. The minimum Gasteiger partial charge on any atom is -0.508 e. The van der Waals surface area contributed by atoms with Crippen LogP contribution in [0.1, 0.15) is 181 Å². The Morgan fingerprint density at radius 1 is 0.329 bits per heavy atom. The summed E-state index contributed by atoms with van der Waals surface area (Å²) in [5, 5.41) is 112. The highest BCUT2D eigenvalue weighted by Gasteiger charge is 2.40. The molecular formula is C96H141N23O30. The number of H-pyrrole nitrogens is 1. The highest BCUT2D eigenvalue weighted by atomic mass is 16.4. The van der Waals surface area contributed by atoms with Crippen LogP contribution in [0.3, 0.4) is 0 Å². The summed E-state index contributed by atoms with van der Waals surface area (Å²) in [4.78, 5) is 319. The maximum atomic E-state index is 14.8. The lowest BCUT2D eigenvalue weighted by molar-refractivity contribution is -0.142. The summed E-state index contributed by atoms with van der Waals surface area (Å²) in [7, 11) is 0. The molecular weight excluding hydrogens is 1960 g/mol. The molecule has 0 fully saturated rings. The fourth-order valence-corrected chi connectivity index (χ4v) is 14.9. The van der Waals surface area contributed by atoms with Crippen LogP contribution in [0.5, 0.6) is 5.75 Å². The van der Waals surface area contributed by atoms with Crippen molar-refractivity contribution in [1.82, 2.24) is 106 Å². The van der Waals surface area contributed by atoms with E-state index in [9.17, 15) is 146 Å². The Labute approximate surface area is 858 Å². The summed E-state index contributed by atoms with van der Waals surface area (Å²) in [6.07, 6.45) is -7.05. The van der Waals surface area contributed by atoms with Gasteiger partial charge in [-0.15, -0.1) is 0 Å². The lowest BCUT2D eigenvalue weighted by Crippen LogP contribution is -2.60. The number of aromatic hydroxyl groups is 1. The minimum absolute atomic E-state index is 0.00817. The first kappa shape index (κ1) is 126. The Bertz CT molecular complexity index is 5190. The third kappa shape index (κ3) is 49.9. The summed E-state index contributed by atoms with van der Waals surface area (Å²) >= 11 is 0. The van der Waals surface area contributed by atoms with Crippen molar-refractivity contribution in [2.45, 2.75) is 281 Å². The molecule has 0 saturated carbocycles. The van der Waals surface area contributed by atoms with Crippen LogP contribution in [0.4, 0.5) is 0 Å². The normalized spacial score (nSPS) is 14.4. The van der Waals surface area contributed by atoms with Crippen LogP contribution in [-0.2, 0) is 136 Å². The number of aromatic amines is 1. The quantitative estimate of drug-likeness (QED) is 0.0145. The number of aromatic nitrogens is 2. The smallest absolute Gasteiger partial charge is 0.305 e. The highest BCUT2D eigenvalue weighted by molar-refractivity contribution is 6.02. The molecule has 32 N–H and O–H groups in total. The third-order valence-corrected chi connectivity index (χ3v) is 22.7. The van der Waals surface area contributed by atoms with Gasteiger partial charge in [-0.3, -0.25) is 116 Å². The number of rotatable bonds is 70. The monoisotopic (exact) mass is 2100 g/mol. The zero-order valence-corrected chi connectivity index (χ0v) is 84.2. The van der Waals surface area contributed by atoms with Crippen LogP contribution in [0.15, 0.2) is 97.5 Å². The number of imidazole rings is 1. The Kier molecular flexibility index (Phi) is 54.8. The third-order valence-electron chi connectivity index (χ3n) is 22.7. The number of phenolic OH excluding ortho intramolecular Hbond substituents is 1. The van der Waals surface area contributed by atoms with Crippen LogP contribution in [0.25, 0.3) is 0 Å². The van der Waals surface area contributed by atoms with Gasteiger partial charge >= 0.3 is 35.8 Å². The van der Waals surface area contributed by atoms with E-state index in [2.05, 4.69) is 106 Å². The van der Waals surface area contributed by atoms with E-state index in [-0.39, 0.29) is 94.0 Å². The van der Waals surface area contributed by atoms with Crippen molar-refractivity contribution in [3.8, 4) is 5.75 Å². The van der Waals surface area contributed by atoms with Crippen LogP contribution in [-0.4, -0.2) is 305 Å². The Morgan fingerprint density at radius 2 is 0.651 bits per heavy atom. The molecule has 4 rings (SSSR count). The molecule has 1 aromatic heterocycles. The van der Waals surface area contributed by atoms with Crippen molar-refractivity contribution in [1.29, 1.82) is 0 Å². The van der Waals surface area contributed by atoms with Crippen molar-refractivity contribution < 1.29 is 146 Å². The van der Waals surface area contributed by atoms with Crippen LogP contribution < -0.4 is 113 Å². The summed E-state index contributed by atoms with van der Waals surface area (Å²) in [5.74, 6) is -29.3. The fourth-order valence-electron chi connectivity index (χ4n) is 14.9. The molecule has 16 atom stereocenters. The van der Waals surface area contributed by atoms with Crippen molar-refractivity contribution in [3.63, 3.8) is 0 Å². The van der Waals surface area contributed by atoms with E-state index in [1.54, 1.807) is 109 Å². The molecule has 0 aliphatic rings. The number of phenols is 1. The van der Waals surface area contributed by atoms with E-state index < -0.39 is 322 Å². The maximum Gasteiger partial charge on any atom is 0.305 e. The van der Waals surface area contributed by atoms with Crippen LogP contribution in [0.2, 0.25) is 0 Å². The topological polar surface area (TPSA) is 858 Å². The first-order chi connectivity index (χ1) is 70.2. The van der Waals surface area contributed by atoms with Gasteiger partial charge in [0.1, 0.15) is 90.6 Å². The number of nitrogens with one attached hydrogen (secondary N) is 19. The number of hydrogen-bond acceptors (Lipinski definition) is 29. The average molecular weight is 2100 g/mol. The van der Waals surface area contributed by atoms with Crippen molar-refractivity contribution in [2.24, 2.45) is 40.9 Å². The number of nitrogens with zero attached hydrogens (tertiary/aromatic N) is 1. The van der Waals surface area contributed by atoms with Crippen molar-refractivity contribution in [3.05, 3.63) is 120 Å². The van der Waals surface area contributed by atoms with E-state index in [0.29, 0.717) is 16.7 Å². The van der Waals surface area contributed by atoms with Gasteiger partial charge in [-0.25, -0.2) is 4.98 Å². The standard InChI is InChI=1S/C96H141N23O30/c1-10-52(8)81(95(149)111-60(22-17-33-101-96(98)99)86(140)118-71(43-80(134)135)94(148)113-65(36-51(6)7)90(144)115-67(39-55-20-15-12-16-21-55)88(142)106-53(9)37-78(130)131)119-74(123)47-103-83(137)61(27-30-75(124)125)107-72(121)45-102-84(138)62(28-31-76(126)127)109-87(141)63(29-32-77(128)129)110-89(143)64(35-50(4)5)108-73(122)46-104-85(139)66(38-54-18-13-11-14-19-54)114-92(146)69(41-57-44-100-48-105-57)117-91(145)68(40-56-23-25-58(120)26-24-56)116-93(147)70(42-79(132)133)112-82(136)59(97)34-49(2)3/h11-16,18-21,23-26,44,48-53,59-71,81,96,101,120H,10,17,22,27-43,45-47,97-99H2,1-9H3,(H,100,105)(H,102,138)(H,103,137)(H,104,139)(H,106,142)(H,107,121)(H,108,122)(H,109,141)(H,110,143)(H,111,149)(H,112,136)(H,113,148)(H,114,146)(H,115,144)(H,116,147)(H,117,145)(H,118,140)(H,119,123)(H,124,125)(H,126,127)(H,128,129)(H,130,131)(H,132,133)(H,134,135)/t52-,53+,59-,60-,61-,62-,63-,64-,65-,66-,67-,68-,69-,70-,71-,81-/m0/s1. The van der Waals surface area contributed by atoms with E-state index in [1.807, 2.05) is 0 Å². The van der Waals surface area contributed by atoms with Gasteiger partial charge in [0.2, 0.25) is 100 Å². The fraction of sp³-hybridized carbons (Fsp3) is 0.542. The van der Waals surface area contributed by atoms with E-state index >= 15 is 0 Å². The molecule has 17 amide bonds. The number of hydrogen-bond donors (Lipinski definition) is 29. The molecule has 0 radical (unpaired) electrons. The molecule has 0 bridgehead atoms. The van der Waals surface area contributed by atoms with Gasteiger partial charge in [0.05, 0.1) is 57.0 Å². The Morgan fingerprint density at radius 3 is 1.05 bits per heavy atom. The zero-order chi connectivity index (χ0) is 111.